The zero-order valence-electron chi connectivity index (χ0n) is 11.9. The van der Waals surface area contributed by atoms with Crippen molar-refractivity contribution in [3.63, 3.8) is 0 Å². The Bertz CT molecular complexity index is 302. The van der Waals surface area contributed by atoms with Crippen molar-refractivity contribution in [2.24, 2.45) is 10.4 Å². The van der Waals surface area contributed by atoms with E-state index in [1.807, 2.05) is 27.7 Å². The first-order valence-corrected chi connectivity index (χ1v) is 6.49. The molecule has 5 nitrogen and oxygen atoms in total. The molecule has 0 spiro atoms. The highest BCUT2D eigenvalue weighted by Gasteiger charge is 2.17. The van der Waals surface area contributed by atoms with Crippen LogP contribution >= 0.6 is 0 Å². The highest BCUT2D eigenvalue weighted by atomic mass is 16.5. The molecule has 0 atom stereocenters. The minimum absolute atomic E-state index is 0.0312. The molecule has 1 rings (SSSR count). The Morgan fingerprint density at radius 2 is 1.94 bits per heavy atom. The number of nitrogens with zero attached hydrogens (tertiary/aromatic N) is 2. The molecule has 1 amide bonds. The summed E-state index contributed by atoms with van der Waals surface area (Å²) in [7, 11) is 0. The molecule has 18 heavy (non-hydrogen) atoms. The van der Waals surface area contributed by atoms with Gasteiger partial charge in [-0.2, -0.15) is 4.99 Å². The van der Waals surface area contributed by atoms with E-state index in [-0.39, 0.29) is 5.41 Å². The van der Waals surface area contributed by atoms with Crippen LogP contribution in [0.3, 0.4) is 0 Å². The van der Waals surface area contributed by atoms with E-state index in [1.165, 1.54) is 0 Å². The summed E-state index contributed by atoms with van der Waals surface area (Å²) >= 11 is 0. The van der Waals surface area contributed by atoms with Gasteiger partial charge in [-0.1, -0.05) is 27.7 Å². The van der Waals surface area contributed by atoms with Crippen molar-refractivity contribution >= 4 is 11.9 Å². The van der Waals surface area contributed by atoms with Gasteiger partial charge in [0.15, 0.2) is 0 Å². The minimum Gasteiger partial charge on any atom is -0.447 e. The monoisotopic (exact) mass is 256 g/mol. The molecule has 0 unspecified atom stereocenters. The third-order valence-corrected chi connectivity index (χ3v) is 2.54. The first-order chi connectivity index (χ1) is 8.42. The van der Waals surface area contributed by atoms with Gasteiger partial charge in [0.25, 0.3) is 0 Å². The van der Waals surface area contributed by atoms with Gasteiger partial charge < -0.3 is 14.4 Å². The Hall–Kier alpha value is -1.10. The lowest BCUT2D eigenvalue weighted by Crippen LogP contribution is -2.40. The van der Waals surface area contributed by atoms with Crippen LogP contribution in [0.5, 0.6) is 0 Å². The number of hydrogen-bond donors (Lipinski definition) is 0. The third kappa shape index (κ3) is 5.49. The molecular formula is C13H24N2O3. The molecule has 104 valence electrons. The molecule has 1 aliphatic rings. The van der Waals surface area contributed by atoms with Crippen molar-refractivity contribution < 1.29 is 14.3 Å². The average Bonchev–Trinajstić information content (AvgIpc) is 2.33. The summed E-state index contributed by atoms with van der Waals surface area (Å²) < 4.78 is 10.4. The van der Waals surface area contributed by atoms with Gasteiger partial charge in [0, 0.05) is 19.5 Å². The Balaban J connectivity index is 2.52. The van der Waals surface area contributed by atoms with E-state index >= 15 is 0 Å². The topological polar surface area (TPSA) is 51.1 Å². The fourth-order valence-corrected chi connectivity index (χ4v) is 1.61. The zero-order chi connectivity index (χ0) is 13.6. The van der Waals surface area contributed by atoms with Crippen LogP contribution in [0.1, 0.15) is 34.1 Å². The fraction of sp³-hybridized carbons (Fsp3) is 0.846. The Kier molecular flexibility index (Phi) is 5.59. The summed E-state index contributed by atoms with van der Waals surface area (Å²) in [5, 5.41) is 0. The maximum absolute atomic E-state index is 11.6. The van der Waals surface area contributed by atoms with Crippen molar-refractivity contribution in [2.45, 2.75) is 34.1 Å². The van der Waals surface area contributed by atoms with Crippen LogP contribution in [0.4, 0.5) is 4.79 Å². The predicted molar refractivity (Wildman–Crippen MR) is 70.9 cm³/mol. The van der Waals surface area contributed by atoms with Crippen LogP contribution in [0, 0.1) is 5.41 Å². The largest absolute Gasteiger partial charge is 0.447 e. The average molecular weight is 256 g/mol. The van der Waals surface area contributed by atoms with E-state index in [0.717, 1.165) is 25.3 Å². The van der Waals surface area contributed by atoms with Crippen LogP contribution in [-0.4, -0.2) is 49.7 Å². The molecule has 5 heteroatoms. The van der Waals surface area contributed by atoms with E-state index in [0.29, 0.717) is 19.8 Å². The maximum Gasteiger partial charge on any atom is 0.435 e. The highest BCUT2D eigenvalue weighted by Crippen LogP contribution is 2.13. The van der Waals surface area contributed by atoms with Crippen molar-refractivity contribution in [2.75, 3.05) is 32.9 Å². The summed E-state index contributed by atoms with van der Waals surface area (Å²) in [5.74, 6) is 0.789. The highest BCUT2D eigenvalue weighted by molar-refractivity contribution is 5.91. The fourth-order valence-electron chi connectivity index (χ4n) is 1.61. The number of hydrogen-bond acceptors (Lipinski definition) is 3. The van der Waals surface area contributed by atoms with E-state index in [9.17, 15) is 4.79 Å². The SMILES string of the molecule is CCC(=NC(=O)OCC(C)(C)C)N1CCOCC1. The second kappa shape index (κ2) is 6.73. The number of aliphatic imine (C=N–C) groups is 1. The normalized spacial score (nSPS) is 17.8. The summed E-state index contributed by atoms with van der Waals surface area (Å²) in [6.45, 7) is 11.4. The van der Waals surface area contributed by atoms with Gasteiger partial charge in [-0.15, -0.1) is 0 Å². The van der Waals surface area contributed by atoms with Crippen LogP contribution in [0.25, 0.3) is 0 Å². The van der Waals surface area contributed by atoms with Crippen molar-refractivity contribution in [1.29, 1.82) is 0 Å². The number of ether oxygens (including phenoxy) is 2. The van der Waals surface area contributed by atoms with Crippen molar-refractivity contribution in [1.82, 2.24) is 4.90 Å². The quantitative estimate of drug-likeness (QED) is 0.562. The van der Waals surface area contributed by atoms with Crippen molar-refractivity contribution in [3.8, 4) is 0 Å². The molecule has 1 fully saturated rings. The lowest BCUT2D eigenvalue weighted by Gasteiger charge is -2.29. The lowest BCUT2D eigenvalue weighted by atomic mass is 9.99. The van der Waals surface area contributed by atoms with Gasteiger partial charge in [0.05, 0.1) is 19.8 Å². The van der Waals surface area contributed by atoms with Gasteiger partial charge >= 0.3 is 6.09 Å². The van der Waals surface area contributed by atoms with Gasteiger partial charge in [0.2, 0.25) is 0 Å². The van der Waals surface area contributed by atoms with Gasteiger partial charge in [-0.05, 0) is 5.41 Å². The molecule has 0 radical (unpaired) electrons. The number of amidine groups is 1. The summed E-state index contributed by atoms with van der Waals surface area (Å²) in [5.41, 5.74) is -0.0312. The molecule has 0 bridgehead atoms. The maximum atomic E-state index is 11.6. The molecular weight excluding hydrogens is 232 g/mol. The van der Waals surface area contributed by atoms with Gasteiger partial charge in [0.1, 0.15) is 5.84 Å². The Labute approximate surface area is 109 Å². The van der Waals surface area contributed by atoms with Crippen molar-refractivity contribution in [3.05, 3.63) is 0 Å². The first kappa shape index (κ1) is 15.0. The van der Waals surface area contributed by atoms with Gasteiger partial charge in [-0.3, -0.25) is 0 Å². The summed E-state index contributed by atoms with van der Waals surface area (Å²) in [4.78, 5) is 17.8. The smallest absolute Gasteiger partial charge is 0.435 e. The standard InChI is InChI=1S/C13H24N2O3/c1-5-11(15-6-8-17-9-7-15)14-12(16)18-10-13(2,3)4/h5-10H2,1-4H3. The summed E-state index contributed by atoms with van der Waals surface area (Å²) in [6, 6.07) is 0. The molecule has 1 heterocycles. The van der Waals surface area contributed by atoms with Crippen LogP contribution < -0.4 is 0 Å². The molecule has 0 aromatic heterocycles. The molecule has 0 saturated carbocycles. The molecule has 0 aliphatic carbocycles. The third-order valence-electron chi connectivity index (χ3n) is 2.54. The van der Waals surface area contributed by atoms with Crippen LogP contribution in [0.15, 0.2) is 4.99 Å². The number of rotatable bonds is 2. The van der Waals surface area contributed by atoms with E-state index in [4.69, 9.17) is 9.47 Å². The Morgan fingerprint density at radius 1 is 1.33 bits per heavy atom. The van der Waals surface area contributed by atoms with E-state index in [2.05, 4.69) is 9.89 Å². The first-order valence-electron chi connectivity index (χ1n) is 6.49. The molecule has 1 saturated heterocycles. The molecule has 1 aliphatic heterocycles. The number of carbonyl (C=O) groups excluding carboxylic acids is 1. The molecule has 0 aromatic rings. The van der Waals surface area contributed by atoms with E-state index in [1.54, 1.807) is 0 Å². The van der Waals surface area contributed by atoms with Gasteiger partial charge in [-0.25, -0.2) is 4.79 Å². The second-order valence-electron chi connectivity index (χ2n) is 5.60. The number of carbonyl (C=O) groups is 1. The Morgan fingerprint density at radius 3 is 2.44 bits per heavy atom. The number of morpholine rings is 1. The second-order valence-corrected chi connectivity index (χ2v) is 5.60. The number of amides is 1. The summed E-state index contributed by atoms with van der Waals surface area (Å²) in [6.07, 6.45) is 0.234. The van der Waals surface area contributed by atoms with Crippen LogP contribution in [0.2, 0.25) is 0 Å². The van der Waals surface area contributed by atoms with E-state index < -0.39 is 6.09 Å². The minimum atomic E-state index is -0.492. The lowest BCUT2D eigenvalue weighted by molar-refractivity contribution is 0.0668. The van der Waals surface area contributed by atoms with Crippen LogP contribution in [-0.2, 0) is 9.47 Å². The zero-order valence-corrected chi connectivity index (χ0v) is 11.9. The predicted octanol–water partition coefficient (Wildman–Crippen LogP) is 2.31. The molecule has 0 aromatic carbocycles. The molecule has 0 N–H and O–H groups in total.